The fourth-order valence-electron chi connectivity index (χ4n) is 8.00. The third-order valence-electron chi connectivity index (χ3n) is 9.97. The fourth-order valence-corrected chi connectivity index (χ4v) is 9.45. The molecule has 0 spiro atoms. The normalized spacial score (nSPS) is 29.2. The van der Waals surface area contributed by atoms with E-state index >= 15 is 0 Å². The predicted octanol–water partition coefficient (Wildman–Crippen LogP) is 9.51. The van der Waals surface area contributed by atoms with Crippen molar-refractivity contribution in [1.82, 2.24) is 0 Å². The van der Waals surface area contributed by atoms with Gasteiger partial charge in [0.15, 0.2) is 11.6 Å². The number of ketones is 2. The molecule has 6 atom stereocenters. The Labute approximate surface area is 236 Å². The van der Waals surface area contributed by atoms with Gasteiger partial charge in [-0.1, -0.05) is 24.3 Å². The van der Waals surface area contributed by atoms with Crippen molar-refractivity contribution < 1.29 is 35.9 Å². The van der Waals surface area contributed by atoms with Crippen molar-refractivity contribution in [3.63, 3.8) is 0 Å². The number of hydrogen-bond donors (Lipinski definition) is 0. The van der Waals surface area contributed by atoms with Gasteiger partial charge in [-0.05, 0) is 109 Å². The van der Waals surface area contributed by atoms with Gasteiger partial charge in [-0.3, -0.25) is 9.59 Å². The molecular formula is C32H26F6O2S. The lowest BCUT2D eigenvalue weighted by molar-refractivity contribution is -0.138. The van der Waals surface area contributed by atoms with Crippen LogP contribution in [0.1, 0.15) is 115 Å². The number of carbonyl (C=O) groups is 2. The van der Waals surface area contributed by atoms with Crippen molar-refractivity contribution in [2.75, 3.05) is 0 Å². The van der Waals surface area contributed by atoms with Gasteiger partial charge >= 0.3 is 12.4 Å². The highest BCUT2D eigenvalue weighted by atomic mass is 32.1. The van der Waals surface area contributed by atoms with Gasteiger partial charge in [-0.2, -0.15) is 26.3 Å². The van der Waals surface area contributed by atoms with Crippen molar-refractivity contribution in [3.8, 4) is 0 Å². The van der Waals surface area contributed by atoms with Gasteiger partial charge in [-0.25, -0.2) is 0 Å². The summed E-state index contributed by atoms with van der Waals surface area (Å²) in [5.74, 6) is -0.242. The van der Waals surface area contributed by atoms with Gasteiger partial charge in [-0.15, -0.1) is 11.3 Å². The Morgan fingerprint density at radius 2 is 0.902 bits per heavy atom. The van der Waals surface area contributed by atoms with Crippen molar-refractivity contribution >= 4 is 22.9 Å². The molecule has 1 heterocycles. The molecule has 4 aliphatic rings. The Morgan fingerprint density at radius 3 is 1.24 bits per heavy atom. The third-order valence-corrected chi connectivity index (χ3v) is 11.2. The minimum atomic E-state index is -4.39. The van der Waals surface area contributed by atoms with Crippen LogP contribution >= 0.6 is 11.3 Å². The quantitative estimate of drug-likeness (QED) is 0.280. The molecule has 3 aromatic rings. The topological polar surface area (TPSA) is 34.1 Å². The number of Topliss-reactive ketones (excluding diaryl/α,β-unsaturated/α-hetero) is 2. The summed E-state index contributed by atoms with van der Waals surface area (Å²) < 4.78 is 78.1. The van der Waals surface area contributed by atoms with E-state index in [-0.39, 0.29) is 47.1 Å². The van der Waals surface area contributed by atoms with E-state index in [9.17, 15) is 35.9 Å². The van der Waals surface area contributed by atoms with E-state index in [0.29, 0.717) is 22.6 Å². The number of benzene rings is 2. The first-order valence-electron chi connectivity index (χ1n) is 14.0. The summed E-state index contributed by atoms with van der Waals surface area (Å²) in [5, 5.41) is 0. The van der Waals surface area contributed by atoms with E-state index in [4.69, 9.17) is 0 Å². The third kappa shape index (κ3) is 4.29. The van der Waals surface area contributed by atoms with Gasteiger partial charge in [0.1, 0.15) is 0 Å². The molecule has 2 saturated carbocycles. The average molecular weight is 589 g/mol. The van der Waals surface area contributed by atoms with Gasteiger partial charge in [0, 0.05) is 11.8 Å². The molecule has 1 aromatic heterocycles. The Morgan fingerprint density at radius 1 is 0.537 bits per heavy atom. The molecule has 0 amide bonds. The zero-order chi connectivity index (χ0) is 28.8. The Balaban J connectivity index is 1.10. The molecule has 6 unspecified atom stereocenters. The molecule has 2 aromatic carbocycles. The Hall–Kier alpha value is -2.94. The van der Waals surface area contributed by atoms with E-state index in [1.165, 1.54) is 35.6 Å². The van der Waals surface area contributed by atoms with Crippen molar-refractivity contribution in [1.29, 1.82) is 0 Å². The SMILES string of the molecule is O=C1c2sc3c(c2C2CCC(c4ccc(C(F)(F)F)cc4)CC12)C1CCC(c2ccc(C(F)(F)F)cc2)CC1C3=O. The largest absolute Gasteiger partial charge is 0.416 e. The summed E-state index contributed by atoms with van der Waals surface area (Å²) in [4.78, 5) is 28.5. The summed E-state index contributed by atoms with van der Waals surface area (Å²) in [6.07, 6.45) is -4.58. The molecule has 4 aliphatic carbocycles. The molecule has 0 bridgehead atoms. The van der Waals surface area contributed by atoms with E-state index in [1.807, 2.05) is 0 Å². The number of thiophene rings is 1. The summed E-state index contributed by atoms with van der Waals surface area (Å²) in [7, 11) is 0. The van der Waals surface area contributed by atoms with E-state index in [1.54, 1.807) is 0 Å². The van der Waals surface area contributed by atoms with Gasteiger partial charge < -0.3 is 0 Å². The lowest BCUT2D eigenvalue weighted by Gasteiger charge is -2.34. The molecule has 2 nitrogen and oxygen atoms in total. The molecule has 214 valence electrons. The second-order valence-corrected chi connectivity index (χ2v) is 13.0. The molecule has 9 heteroatoms. The second kappa shape index (κ2) is 9.28. The number of rotatable bonds is 2. The molecule has 0 radical (unpaired) electrons. The number of carbonyl (C=O) groups excluding carboxylic acids is 2. The van der Waals surface area contributed by atoms with Crippen LogP contribution in [0.4, 0.5) is 26.3 Å². The first-order chi connectivity index (χ1) is 19.4. The number of fused-ring (bicyclic) bond motifs is 7. The van der Waals surface area contributed by atoms with Crippen LogP contribution in [-0.4, -0.2) is 11.6 Å². The standard InChI is InChI=1S/C32H26F6O2S/c33-31(34,35)19-7-1-15(2-8-19)17-5-11-21-23(13-17)27(39)29-25(21)26-22-12-6-18(14-24(22)28(40)30(26)41-29)16-3-9-20(10-4-16)32(36,37)38/h1-4,7-10,17-18,21-24H,5-6,11-14H2. The molecular weight excluding hydrogens is 562 g/mol. The predicted molar refractivity (Wildman–Crippen MR) is 142 cm³/mol. The minimum absolute atomic E-state index is 0.0121. The highest BCUT2D eigenvalue weighted by Gasteiger charge is 2.53. The highest BCUT2D eigenvalue weighted by Crippen LogP contribution is 2.61. The summed E-state index contributed by atoms with van der Waals surface area (Å²) in [6, 6.07) is 10.5. The van der Waals surface area contributed by atoms with Crippen molar-refractivity contribution in [2.24, 2.45) is 11.8 Å². The van der Waals surface area contributed by atoms with Gasteiger partial charge in [0.05, 0.1) is 20.9 Å². The van der Waals surface area contributed by atoms with Crippen LogP contribution in [0.2, 0.25) is 0 Å². The lowest BCUT2D eigenvalue weighted by Crippen LogP contribution is -2.24. The lowest BCUT2D eigenvalue weighted by atomic mass is 9.69. The van der Waals surface area contributed by atoms with Crippen molar-refractivity contribution in [3.05, 3.63) is 91.7 Å². The average Bonchev–Trinajstić information content (AvgIpc) is 3.55. The fraction of sp³-hybridized carbons (Fsp3) is 0.438. The summed E-state index contributed by atoms with van der Waals surface area (Å²) >= 11 is 1.31. The van der Waals surface area contributed by atoms with Crippen LogP contribution in [0.25, 0.3) is 0 Å². The molecule has 0 N–H and O–H groups in total. The number of halogens is 6. The zero-order valence-corrected chi connectivity index (χ0v) is 22.6. The second-order valence-electron chi connectivity index (χ2n) is 12.0. The Kier molecular flexibility index (Phi) is 6.10. The van der Waals surface area contributed by atoms with E-state index in [0.717, 1.165) is 72.2 Å². The molecule has 2 fully saturated rings. The summed E-state index contributed by atoms with van der Waals surface area (Å²) in [6.45, 7) is 0. The molecule has 0 aliphatic heterocycles. The maximum Gasteiger partial charge on any atom is 0.416 e. The number of hydrogen-bond acceptors (Lipinski definition) is 3. The van der Waals surface area contributed by atoms with Crippen LogP contribution in [0, 0.1) is 11.8 Å². The first kappa shape index (κ1) is 26.9. The van der Waals surface area contributed by atoms with Gasteiger partial charge in [0.25, 0.3) is 0 Å². The smallest absolute Gasteiger partial charge is 0.293 e. The molecule has 0 saturated heterocycles. The zero-order valence-electron chi connectivity index (χ0n) is 21.8. The van der Waals surface area contributed by atoms with E-state index in [2.05, 4.69) is 0 Å². The highest BCUT2D eigenvalue weighted by molar-refractivity contribution is 7.16. The minimum Gasteiger partial charge on any atom is -0.293 e. The van der Waals surface area contributed by atoms with Crippen LogP contribution in [0.15, 0.2) is 48.5 Å². The maximum absolute atomic E-state index is 13.6. The first-order valence-corrected chi connectivity index (χ1v) is 14.8. The maximum atomic E-state index is 13.6. The van der Waals surface area contributed by atoms with Crippen molar-refractivity contribution in [2.45, 2.75) is 74.5 Å². The molecule has 7 rings (SSSR count). The Bertz CT molecular complexity index is 1420. The summed E-state index contributed by atoms with van der Waals surface area (Å²) in [5.41, 5.74) is 2.36. The van der Waals surface area contributed by atoms with Crippen LogP contribution < -0.4 is 0 Å². The monoisotopic (exact) mass is 588 g/mol. The number of alkyl halides is 6. The van der Waals surface area contributed by atoms with E-state index < -0.39 is 23.5 Å². The van der Waals surface area contributed by atoms with Gasteiger partial charge in [0.2, 0.25) is 0 Å². The van der Waals surface area contributed by atoms with Crippen LogP contribution in [0.3, 0.4) is 0 Å². The van der Waals surface area contributed by atoms with Crippen LogP contribution in [-0.2, 0) is 12.4 Å². The molecule has 41 heavy (non-hydrogen) atoms. The van der Waals surface area contributed by atoms with Crippen LogP contribution in [0.5, 0.6) is 0 Å².